The minimum absolute atomic E-state index is 0.603. The molecule has 3 heteroatoms. The highest BCUT2D eigenvalue weighted by Crippen LogP contribution is 2.27. The van der Waals surface area contributed by atoms with Crippen molar-refractivity contribution in [2.24, 2.45) is 0 Å². The number of nitrogens with zero attached hydrogens (tertiary/aromatic N) is 2. The average Bonchev–Trinajstić information content (AvgIpc) is 3.23. The van der Waals surface area contributed by atoms with Gasteiger partial charge in [0, 0.05) is 12.6 Å². The Morgan fingerprint density at radius 1 is 1.00 bits per heavy atom. The zero-order valence-corrected chi connectivity index (χ0v) is 14.9. The third-order valence-corrected chi connectivity index (χ3v) is 6.05. The maximum Gasteiger partial charge on any atom is 0.0961 e. The van der Waals surface area contributed by atoms with Gasteiger partial charge < -0.3 is 9.88 Å². The van der Waals surface area contributed by atoms with Gasteiger partial charge in [0.25, 0.3) is 0 Å². The van der Waals surface area contributed by atoms with Crippen molar-refractivity contribution < 1.29 is 0 Å². The molecule has 3 aromatic rings. The second-order valence-electron chi connectivity index (χ2n) is 7.69. The lowest BCUT2D eigenvalue weighted by Gasteiger charge is -2.16. The fourth-order valence-corrected chi connectivity index (χ4v) is 4.58. The van der Waals surface area contributed by atoms with Crippen molar-refractivity contribution in [3.05, 3.63) is 64.5 Å². The Hall–Kier alpha value is -2.13. The van der Waals surface area contributed by atoms with E-state index < -0.39 is 0 Å². The van der Waals surface area contributed by atoms with Gasteiger partial charge in [0.05, 0.1) is 17.4 Å². The van der Waals surface area contributed by atoms with Gasteiger partial charge in [0.2, 0.25) is 0 Å². The van der Waals surface area contributed by atoms with Gasteiger partial charge in [-0.25, -0.2) is 4.98 Å². The van der Waals surface area contributed by atoms with E-state index in [0.717, 1.165) is 24.9 Å². The largest absolute Gasteiger partial charge is 0.326 e. The molecule has 128 valence electrons. The van der Waals surface area contributed by atoms with Crippen molar-refractivity contribution >= 4 is 11.0 Å². The lowest BCUT2D eigenvalue weighted by atomic mass is 9.91. The van der Waals surface area contributed by atoms with Crippen molar-refractivity contribution in [2.75, 3.05) is 7.05 Å². The summed E-state index contributed by atoms with van der Waals surface area (Å²) in [4.78, 5) is 4.67. The zero-order valence-electron chi connectivity index (χ0n) is 14.9. The summed E-state index contributed by atoms with van der Waals surface area (Å²) in [6.07, 6.45) is 9.41. The molecule has 2 aromatic carbocycles. The standard InChI is InChI=1S/C22H25N3/c1-23-20-9-18-7-6-15(8-19(18)10-20)13-25-14-24-21-11-16-4-2-3-5-17(16)12-22(21)25/h6-8,11-12,14,20,23H,2-5,9-10,13H2,1H3/t20-/m0/s1. The first kappa shape index (κ1) is 15.2. The van der Waals surface area contributed by atoms with Crippen LogP contribution in [0.1, 0.15) is 40.7 Å². The second kappa shape index (κ2) is 5.99. The first-order valence-corrected chi connectivity index (χ1v) is 9.55. The summed E-state index contributed by atoms with van der Waals surface area (Å²) in [5.74, 6) is 0. The summed E-state index contributed by atoms with van der Waals surface area (Å²) in [5.41, 5.74) is 9.89. The molecule has 0 aliphatic heterocycles. The maximum absolute atomic E-state index is 4.67. The van der Waals surface area contributed by atoms with E-state index in [0.29, 0.717) is 6.04 Å². The Morgan fingerprint density at radius 3 is 2.64 bits per heavy atom. The minimum Gasteiger partial charge on any atom is -0.326 e. The number of hydrogen-bond donors (Lipinski definition) is 1. The molecule has 3 nitrogen and oxygen atoms in total. The molecule has 0 fully saturated rings. The molecule has 0 saturated heterocycles. The number of likely N-dealkylation sites (N-methyl/N-ethyl adjacent to an activating group) is 1. The Labute approximate surface area is 149 Å². The molecule has 5 rings (SSSR count). The van der Waals surface area contributed by atoms with Gasteiger partial charge in [-0.05, 0) is 85.5 Å². The van der Waals surface area contributed by atoms with E-state index in [9.17, 15) is 0 Å². The van der Waals surface area contributed by atoms with Gasteiger partial charge >= 0.3 is 0 Å². The third kappa shape index (κ3) is 2.67. The number of imidazole rings is 1. The highest BCUT2D eigenvalue weighted by atomic mass is 15.0. The molecule has 1 heterocycles. The predicted molar refractivity (Wildman–Crippen MR) is 102 cm³/mol. The van der Waals surface area contributed by atoms with Crippen LogP contribution in [0.2, 0.25) is 0 Å². The van der Waals surface area contributed by atoms with Crippen LogP contribution in [0.25, 0.3) is 11.0 Å². The molecular weight excluding hydrogens is 306 g/mol. The number of aryl methyl sites for hydroxylation is 2. The number of nitrogens with one attached hydrogen (secondary N) is 1. The van der Waals surface area contributed by atoms with Crippen LogP contribution in [0.3, 0.4) is 0 Å². The lowest BCUT2D eigenvalue weighted by molar-refractivity contribution is 0.593. The van der Waals surface area contributed by atoms with Crippen LogP contribution >= 0.6 is 0 Å². The van der Waals surface area contributed by atoms with Crippen molar-refractivity contribution in [1.82, 2.24) is 14.9 Å². The third-order valence-electron chi connectivity index (χ3n) is 6.05. The van der Waals surface area contributed by atoms with Crippen LogP contribution in [0.5, 0.6) is 0 Å². The van der Waals surface area contributed by atoms with Crippen LogP contribution in [-0.4, -0.2) is 22.6 Å². The van der Waals surface area contributed by atoms with E-state index in [1.54, 1.807) is 0 Å². The number of hydrogen-bond acceptors (Lipinski definition) is 2. The summed E-state index contributed by atoms with van der Waals surface area (Å²) in [6, 6.07) is 12.3. The normalized spacial score (nSPS) is 19.2. The molecule has 1 N–H and O–H groups in total. The quantitative estimate of drug-likeness (QED) is 0.794. The summed E-state index contributed by atoms with van der Waals surface area (Å²) < 4.78 is 2.32. The SMILES string of the molecule is CN[C@H]1Cc2ccc(Cn3cnc4cc5c(cc43)CCCC5)cc2C1. The molecule has 2 aliphatic rings. The highest BCUT2D eigenvalue weighted by molar-refractivity contribution is 5.77. The van der Waals surface area contributed by atoms with Crippen molar-refractivity contribution in [3.63, 3.8) is 0 Å². The Bertz CT molecular complexity index is 938. The first-order chi connectivity index (χ1) is 12.3. The number of rotatable bonds is 3. The van der Waals surface area contributed by atoms with Crippen molar-refractivity contribution in [3.8, 4) is 0 Å². The zero-order chi connectivity index (χ0) is 16.8. The molecule has 25 heavy (non-hydrogen) atoms. The summed E-state index contributed by atoms with van der Waals surface area (Å²) in [6.45, 7) is 0.910. The van der Waals surface area contributed by atoms with Crippen molar-refractivity contribution in [2.45, 2.75) is 51.1 Å². The molecule has 0 unspecified atom stereocenters. The molecule has 0 saturated carbocycles. The van der Waals surface area contributed by atoms with Gasteiger partial charge in [-0.2, -0.15) is 0 Å². The fourth-order valence-electron chi connectivity index (χ4n) is 4.58. The molecule has 2 aliphatic carbocycles. The average molecular weight is 331 g/mol. The predicted octanol–water partition coefficient (Wildman–Crippen LogP) is 3.65. The van der Waals surface area contributed by atoms with E-state index in [-0.39, 0.29) is 0 Å². The molecule has 0 amide bonds. The molecule has 1 atom stereocenters. The molecule has 0 radical (unpaired) electrons. The van der Waals surface area contributed by atoms with E-state index in [1.165, 1.54) is 59.0 Å². The molecule has 0 bridgehead atoms. The van der Waals surface area contributed by atoms with Gasteiger partial charge in [0.1, 0.15) is 0 Å². The van der Waals surface area contributed by atoms with Gasteiger partial charge in [-0.1, -0.05) is 18.2 Å². The Morgan fingerprint density at radius 2 is 1.80 bits per heavy atom. The Kier molecular flexibility index (Phi) is 3.63. The van der Waals surface area contributed by atoms with E-state index >= 15 is 0 Å². The molecule has 1 aromatic heterocycles. The van der Waals surface area contributed by atoms with Crippen LogP contribution in [0.15, 0.2) is 36.7 Å². The summed E-state index contributed by atoms with van der Waals surface area (Å²) >= 11 is 0. The van der Waals surface area contributed by atoms with Crippen LogP contribution in [0.4, 0.5) is 0 Å². The van der Waals surface area contributed by atoms with Gasteiger partial charge in [0.15, 0.2) is 0 Å². The van der Waals surface area contributed by atoms with E-state index in [1.807, 2.05) is 6.33 Å². The molecule has 0 spiro atoms. The maximum atomic E-state index is 4.67. The number of fused-ring (bicyclic) bond motifs is 3. The van der Waals surface area contributed by atoms with Gasteiger partial charge in [-0.3, -0.25) is 0 Å². The lowest BCUT2D eigenvalue weighted by Crippen LogP contribution is -2.24. The monoisotopic (exact) mass is 331 g/mol. The van der Waals surface area contributed by atoms with Crippen LogP contribution < -0.4 is 5.32 Å². The fraction of sp³-hybridized carbons (Fsp3) is 0.409. The molecular formula is C22H25N3. The summed E-state index contributed by atoms with van der Waals surface area (Å²) in [5, 5.41) is 3.41. The number of benzene rings is 2. The van der Waals surface area contributed by atoms with Crippen LogP contribution in [0, 0.1) is 0 Å². The summed E-state index contributed by atoms with van der Waals surface area (Å²) in [7, 11) is 2.07. The Balaban J connectivity index is 1.47. The second-order valence-corrected chi connectivity index (χ2v) is 7.69. The van der Waals surface area contributed by atoms with E-state index in [4.69, 9.17) is 0 Å². The topological polar surface area (TPSA) is 29.9 Å². The number of aromatic nitrogens is 2. The first-order valence-electron chi connectivity index (χ1n) is 9.55. The van der Waals surface area contributed by atoms with E-state index in [2.05, 4.69) is 52.2 Å². The smallest absolute Gasteiger partial charge is 0.0961 e. The van der Waals surface area contributed by atoms with Gasteiger partial charge in [-0.15, -0.1) is 0 Å². The minimum atomic E-state index is 0.603. The van der Waals surface area contributed by atoms with Crippen LogP contribution in [-0.2, 0) is 32.2 Å². The highest BCUT2D eigenvalue weighted by Gasteiger charge is 2.20. The van der Waals surface area contributed by atoms with Crippen molar-refractivity contribution in [1.29, 1.82) is 0 Å².